The van der Waals surface area contributed by atoms with Crippen molar-refractivity contribution >= 4 is 55.3 Å². The van der Waals surface area contributed by atoms with Crippen molar-refractivity contribution in [2.45, 2.75) is 7.43 Å². The number of rotatable bonds is 1. The zero-order valence-electron chi connectivity index (χ0n) is 17.1. The maximum absolute atomic E-state index is 8.47. The zero-order chi connectivity index (χ0) is 20.5. The van der Waals surface area contributed by atoms with E-state index in [4.69, 9.17) is 20.1 Å². The third-order valence-electron chi connectivity index (χ3n) is 4.97. The first kappa shape index (κ1) is 28.2. The third-order valence-corrected chi connectivity index (χ3v) is 4.97. The number of hydrogen-bond donors (Lipinski definition) is 1. The number of nitrogen functional groups attached to an aromatic ring is 1. The first-order valence-electron chi connectivity index (χ1n) is 9.37. The van der Waals surface area contributed by atoms with Gasteiger partial charge >= 0.3 is 0 Å². The molecule has 0 saturated carbocycles. The van der Waals surface area contributed by atoms with Crippen molar-refractivity contribution in [1.82, 2.24) is 0 Å². The van der Waals surface area contributed by atoms with Gasteiger partial charge in [0.2, 0.25) is 0 Å². The monoisotopic (exact) mass is 550 g/mol. The number of para-hydroxylation sites is 4. The molecule has 0 radical (unpaired) electrons. The smallest absolute Gasteiger partial charge is 0.158 e. The summed E-state index contributed by atoms with van der Waals surface area (Å²) >= 11 is 0. The Kier molecular flexibility index (Phi) is 9.84. The van der Waals surface area contributed by atoms with E-state index >= 15 is 0 Å². The fraction of sp³-hybridized carbons (Fsp3) is 0.0400. The summed E-state index contributed by atoms with van der Waals surface area (Å²) in [4.78, 5) is 2.79. The van der Waals surface area contributed by atoms with Crippen molar-refractivity contribution in [2.24, 2.45) is 5.11 Å². The predicted molar refractivity (Wildman–Crippen MR) is 135 cm³/mol. The van der Waals surface area contributed by atoms with E-state index in [9.17, 15) is 0 Å². The summed E-state index contributed by atoms with van der Waals surface area (Å²) in [6.07, 6.45) is 0. The van der Waals surface area contributed by atoms with Crippen LogP contribution in [0.5, 0.6) is 0 Å². The van der Waals surface area contributed by atoms with E-state index < -0.39 is 0 Å². The number of nitrogens with two attached hydrogens (primary N) is 1. The van der Waals surface area contributed by atoms with Crippen LogP contribution in [-0.4, -0.2) is 11.0 Å². The van der Waals surface area contributed by atoms with Gasteiger partial charge in [0.05, 0.1) is 11.4 Å². The number of benzene rings is 4. The van der Waals surface area contributed by atoms with Crippen molar-refractivity contribution in [3.05, 3.63) is 95.4 Å². The fourth-order valence-electron chi connectivity index (χ4n) is 3.63. The van der Waals surface area contributed by atoms with Gasteiger partial charge in [-0.25, -0.2) is 0 Å². The molecule has 2 aromatic heterocycles. The molecule has 0 saturated heterocycles. The normalized spacial score (nSPS) is 9.53. The van der Waals surface area contributed by atoms with Gasteiger partial charge in [-0.15, -0.1) is 0 Å². The Morgan fingerprint density at radius 1 is 0.647 bits per heavy atom. The Morgan fingerprint density at radius 3 is 1.71 bits per heavy atom. The molecule has 0 unspecified atom stereocenters. The molecule has 0 amide bonds. The molecule has 178 valence electrons. The minimum atomic E-state index is 0. The predicted octanol–water partition coefficient (Wildman–Crippen LogP) is 6.68. The van der Waals surface area contributed by atoms with Crippen LogP contribution in [-0.2, 0) is 20.4 Å². The Balaban J connectivity index is 0.000000306. The van der Waals surface area contributed by atoms with Crippen LogP contribution in [0, 0.1) is 0 Å². The van der Waals surface area contributed by atoms with E-state index in [1.807, 2.05) is 78.9 Å². The van der Waals surface area contributed by atoms with Gasteiger partial charge in [0.15, 0.2) is 5.58 Å². The summed E-state index contributed by atoms with van der Waals surface area (Å²) in [5.41, 5.74) is 18.6. The summed E-state index contributed by atoms with van der Waals surface area (Å²) in [6.45, 7) is 0. The molecule has 0 aliphatic heterocycles. The van der Waals surface area contributed by atoms with E-state index in [-0.39, 0.29) is 38.8 Å². The molecular weight excluding hydrogens is 527 g/mol. The molecule has 6 aromatic rings. The van der Waals surface area contributed by atoms with Gasteiger partial charge in [0, 0.05) is 46.9 Å². The van der Waals surface area contributed by atoms with Crippen molar-refractivity contribution in [3.63, 3.8) is 0 Å². The van der Waals surface area contributed by atoms with E-state index in [2.05, 4.69) is 10.0 Å². The first-order chi connectivity index (χ1) is 14.8. The van der Waals surface area contributed by atoms with Crippen molar-refractivity contribution in [2.75, 3.05) is 5.73 Å². The average molecular weight is 551 g/mol. The van der Waals surface area contributed by atoms with Crippen molar-refractivity contribution in [1.29, 1.82) is 0 Å². The quantitative estimate of drug-likeness (QED) is 0.0794. The molecule has 34 heavy (non-hydrogen) atoms. The van der Waals surface area contributed by atoms with Crippen molar-refractivity contribution < 1.29 is 40.2 Å². The molecule has 6 rings (SSSR count). The van der Waals surface area contributed by atoms with Crippen molar-refractivity contribution in [3.8, 4) is 0 Å². The number of azide groups is 1. The second kappa shape index (κ2) is 11.9. The van der Waals surface area contributed by atoms with Crippen LogP contribution in [0.1, 0.15) is 7.43 Å². The Hall–Kier alpha value is -3.83. The van der Waals surface area contributed by atoms with E-state index in [1.54, 1.807) is 6.07 Å². The fourth-order valence-corrected chi connectivity index (χ4v) is 3.63. The zero-order valence-corrected chi connectivity index (χ0v) is 18.7. The minimum absolute atomic E-state index is 0. The Labute approximate surface area is 208 Å². The minimum Gasteiger partial charge on any atom is -0.456 e. The van der Waals surface area contributed by atoms with Crippen LogP contribution in [0.4, 0.5) is 11.4 Å². The summed E-state index contributed by atoms with van der Waals surface area (Å²) in [7, 11) is 0. The Bertz CT molecular complexity index is 1590. The molecule has 0 aliphatic carbocycles. The number of furan rings is 2. The number of fused-ring (bicyclic) bond motifs is 6. The molecule has 4 aromatic carbocycles. The van der Waals surface area contributed by atoms with Crippen LogP contribution < -0.4 is 5.73 Å². The number of anilines is 1. The average Bonchev–Trinajstić information content (AvgIpc) is 3.35. The summed E-state index contributed by atoms with van der Waals surface area (Å²) in [5.74, 6) is 0. The van der Waals surface area contributed by atoms with Crippen LogP contribution in [0.2, 0.25) is 0 Å². The van der Waals surface area contributed by atoms with Gasteiger partial charge in [-0.2, -0.15) is 0 Å². The standard InChI is InChI=1S/C12H7N3O.C12H9NO.CH4.2H2O.Pd/c13-15-14-10-6-3-5-9-8-4-1-2-7-11(8)16-12(9)10;13-10-6-3-5-9-8-4-1-2-7-11(8)14-12(9)10;;;;/h1-7H;1-7H,13H2;1H4;2*1H2;. The van der Waals surface area contributed by atoms with Gasteiger partial charge in [-0.3, -0.25) is 0 Å². The van der Waals surface area contributed by atoms with Crippen LogP contribution in [0.25, 0.3) is 54.3 Å². The molecule has 0 atom stereocenters. The maximum atomic E-state index is 8.47. The van der Waals surface area contributed by atoms with E-state index in [1.165, 1.54) is 0 Å². The van der Waals surface area contributed by atoms with E-state index in [0.29, 0.717) is 17.0 Å². The molecule has 0 fully saturated rings. The topological polar surface area (TPSA) is 164 Å². The van der Waals surface area contributed by atoms with Crippen LogP contribution in [0.3, 0.4) is 0 Å². The van der Waals surface area contributed by atoms with Gasteiger partial charge in [0.1, 0.15) is 16.7 Å². The molecule has 0 spiro atoms. The third kappa shape index (κ3) is 4.90. The largest absolute Gasteiger partial charge is 0.456 e. The van der Waals surface area contributed by atoms with Crippen LogP contribution in [0.15, 0.2) is 98.9 Å². The second-order valence-corrected chi connectivity index (χ2v) is 6.76. The summed E-state index contributed by atoms with van der Waals surface area (Å²) in [6, 6.07) is 27.1. The van der Waals surface area contributed by atoms with Gasteiger partial charge in [-0.1, -0.05) is 73.2 Å². The number of hydrogen-bond acceptors (Lipinski definition) is 4. The summed E-state index contributed by atoms with van der Waals surface area (Å²) < 4.78 is 11.3. The molecule has 6 N–H and O–H groups in total. The molecular formula is C25H24N4O4Pd. The molecule has 8 nitrogen and oxygen atoms in total. The van der Waals surface area contributed by atoms with Crippen LogP contribution >= 0.6 is 0 Å². The SMILES string of the molecule is C.Nc1cccc2c1oc1ccccc12.O.O.[N-]=[N+]=Nc1cccc2c1oc1ccccc12.[Pd]. The maximum Gasteiger partial charge on any atom is 0.158 e. The first-order valence-corrected chi connectivity index (χ1v) is 9.37. The Morgan fingerprint density at radius 2 is 1.12 bits per heavy atom. The molecule has 2 heterocycles. The van der Waals surface area contributed by atoms with Gasteiger partial charge < -0.3 is 25.5 Å². The summed E-state index contributed by atoms with van der Waals surface area (Å²) in [5, 5.41) is 7.83. The second-order valence-electron chi connectivity index (χ2n) is 6.76. The molecule has 0 bridgehead atoms. The molecule has 0 aliphatic rings. The number of nitrogens with zero attached hydrogens (tertiary/aromatic N) is 3. The van der Waals surface area contributed by atoms with Gasteiger partial charge in [-0.05, 0) is 29.8 Å². The van der Waals surface area contributed by atoms with Gasteiger partial charge in [0.25, 0.3) is 0 Å². The van der Waals surface area contributed by atoms with E-state index in [0.717, 1.165) is 38.3 Å². The molecule has 9 heteroatoms.